The zero-order valence-electron chi connectivity index (χ0n) is 15.4. The van der Waals surface area contributed by atoms with Gasteiger partial charge >= 0.3 is 0 Å². The second-order valence-electron chi connectivity index (χ2n) is 7.31. The summed E-state index contributed by atoms with van der Waals surface area (Å²) in [5.74, 6) is -0.318. The van der Waals surface area contributed by atoms with E-state index in [4.69, 9.17) is 4.74 Å². The normalized spacial score (nSPS) is 24.0. The summed E-state index contributed by atoms with van der Waals surface area (Å²) in [5.41, 5.74) is 1.17. The van der Waals surface area contributed by atoms with Gasteiger partial charge in [-0.1, -0.05) is 36.4 Å². The van der Waals surface area contributed by atoms with Crippen LogP contribution in [0.3, 0.4) is 0 Å². The Labute approximate surface area is 164 Å². The van der Waals surface area contributed by atoms with Crippen LogP contribution in [0.5, 0.6) is 5.75 Å². The van der Waals surface area contributed by atoms with Crippen LogP contribution in [0.2, 0.25) is 0 Å². The first kappa shape index (κ1) is 18.9. The third kappa shape index (κ3) is 3.63. The van der Waals surface area contributed by atoms with Gasteiger partial charge in [0.15, 0.2) is 9.84 Å². The minimum atomic E-state index is -3.55. The zero-order valence-corrected chi connectivity index (χ0v) is 16.2. The van der Waals surface area contributed by atoms with E-state index in [1.54, 1.807) is 17.0 Å². The molecule has 0 radical (unpaired) electrons. The molecule has 2 aliphatic rings. The van der Waals surface area contributed by atoms with Gasteiger partial charge in [0.05, 0.1) is 16.9 Å². The molecule has 1 amide bonds. The maximum atomic E-state index is 14.2. The second kappa shape index (κ2) is 7.54. The van der Waals surface area contributed by atoms with Gasteiger partial charge in [-0.3, -0.25) is 4.79 Å². The summed E-state index contributed by atoms with van der Waals surface area (Å²) in [7, 11) is -3.55. The topological polar surface area (TPSA) is 63.7 Å². The van der Waals surface area contributed by atoms with Crippen LogP contribution in [0.15, 0.2) is 48.5 Å². The molecule has 2 aliphatic heterocycles. The van der Waals surface area contributed by atoms with Crippen molar-refractivity contribution in [2.75, 3.05) is 25.4 Å². The number of ether oxygens (including phenoxy) is 1. The molecule has 5 nitrogen and oxygen atoms in total. The van der Waals surface area contributed by atoms with Crippen molar-refractivity contribution >= 4 is 15.7 Å². The smallest absolute Gasteiger partial charge is 0.229 e. The predicted molar refractivity (Wildman–Crippen MR) is 103 cm³/mol. The lowest BCUT2D eigenvalue weighted by Gasteiger charge is -2.29. The van der Waals surface area contributed by atoms with Crippen LogP contribution in [-0.2, 0) is 21.1 Å². The number of carbonyl (C=O) groups is 1. The van der Waals surface area contributed by atoms with Crippen LogP contribution < -0.4 is 4.74 Å². The van der Waals surface area contributed by atoms with Gasteiger partial charge in [-0.05, 0) is 30.5 Å². The molecular formula is C21H22FNO4S. The molecule has 0 saturated carbocycles. The van der Waals surface area contributed by atoms with E-state index in [-0.39, 0.29) is 49.3 Å². The second-order valence-corrected chi connectivity index (χ2v) is 9.61. The number of carbonyl (C=O) groups excluding carboxylic acids is 1. The molecule has 2 atom stereocenters. The van der Waals surface area contributed by atoms with Gasteiger partial charge in [-0.15, -0.1) is 0 Å². The largest absolute Gasteiger partial charge is 0.492 e. The number of amides is 1. The van der Waals surface area contributed by atoms with E-state index in [1.807, 2.05) is 24.3 Å². The van der Waals surface area contributed by atoms with Crippen molar-refractivity contribution < 1.29 is 22.3 Å². The highest BCUT2D eigenvalue weighted by Crippen LogP contribution is 2.32. The molecule has 28 heavy (non-hydrogen) atoms. The van der Waals surface area contributed by atoms with Gasteiger partial charge in [0.2, 0.25) is 5.91 Å². The van der Waals surface area contributed by atoms with Crippen LogP contribution in [0.25, 0.3) is 0 Å². The molecule has 2 unspecified atom stereocenters. The molecule has 1 saturated heterocycles. The van der Waals surface area contributed by atoms with Crippen LogP contribution in [-0.4, -0.2) is 44.7 Å². The molecule has 0 N–H and O–H groups in total. The molecule has 7 heteroatoms. The van der Waals surface area contributed by atoms with Crippen molar-refractivity contribution in [3.05, 3.63) is 65.5 Å². The number of hydrogen-bond donors (Lipinski definition) is 0. The first-order valence-corrected chi connectivity index (χ1v) is 11.1. The number of nitrogens with zero attached hydrogens (tertiary/aromatic N) is 1. The summed E-state index contributed by atoms with van der Waals surface area (Å²) in [6.07, 6.45) is 0.772. The van der Waals surface area contributed by atoms with Crippen molar-refractivity contribution in [3.63, 3.8) is 0 Å². The Morgan fingerprint density at radius 3 is 2.64 bits per heavy atom. The fourth-order valence-corrected chi connectivity index (χ4v) is 5.80. The Bertz CT molecular complexity index is 991. The van der Waals surface area contributed by atoms with E-state index >= 15 is 0 Å². The first-order chi connectivity index (χ1) is 13.5. The summed E-state index contributed by atoms with van der Waals surface area (Å²) < 4.78 is 45.4. The molecule has 0 aliphatic carbocycles. The van der Waals surface area contributed by atoms with Gasteiger partial charge < -0.3 is 9.64 Å². The molecular weight excluding hydrogens is 381 g/mol. The molecule has 148 valence electrons. The van der Waals surface area contributed by atoms with Crippen LogP contribution in [0.4, 0.5) is 4.39 Å². The first-order valence-electron chi connectivity index (χ1n) is 9.41. The van der Waals surface area contributed by atoms with Crippen LogP contribution >= 0.6 is 0 Å². The number of fused-ring (bicyclic) bond motifs is 1. The molecule has 2 aromatic carbocycles. The zero-order chi connectivity index (χ0) is 19.7. The summed E-state index contributed by atoms with van der Waals surface area (Å²) in [4.78, 5) is 14.6. The van der Waals surface area contributed by atoms with Crippen LogP contribution in [0, 0.1) is 11.7 Å². The predicted octanol–water partition coefficient (Wildman–Crippen LogP) is 2.77. The molecule has 0 aromatic heterocycles. The summed E-state index contributed by atoms with van der Waals surface area (Å²) in [5, 5.41) is -0.921. The number of para-hydroxylation sites is 1. The monoisotopic (exact) mass is 403 g/mol. The quantitative estimate of drug-likeness (QED) is 0.774. The Hall–Kier alpha value is -2.41. The van der Waals surface area contributed by atoms with Crippen molar-refractivity contribution in [2.45, 2.75) is 18.1 Å². The molecule has 2 aromatic rings. The number of halogens is 1. The van der Waals surface area contributed by atoms with Gasteiger partial charge in [-0.25, -0.2) is 12.8 Å². The van der Waals surface area contributed by atoms with Gasteiger partial charge in [0.25, 0.3) is 0 Å². The molecule has 4 rings (SSSR count). The van der Waals surface area contributed by atoms with E-state index in [0.717, 1.165) is 11.3 Å². The highest BCUT2D eigenvalue weighted by Gasteiger charge is 2.36. The SMILES string of the molecule is O=C(C1COc2ccccc2C1)N1CCC(c2ccccc2F)S(=O)(=O)CC1. The Balaban J connectivity index is 1.51. The fraction of sp³-hybridized carbons (Fsp3) is 0.381. The Kier molecular flexibility index (Phi) is 5.10. The van der Waals surface area contributed by atoms with Crippen molar-refractivity contribution in [1.82, 2.24) is 4.90 Å². The van der Waals surface area contributed by atoms with Crippen molar-refractivity contribution in [3.8, 4) is 5.75 Å². The van der Waals surface area contributed by atoms with Gasteiger partial charge in [0.1, 0.15) is 18.2 Å². The number of rotatable bonds is 2. The van der Waals surface area contributed by atoms with Crippen LogP contribution in [0.1, 0.15) is 22.8 Å². The summed E-state index contributed by atoms with van der Waals surface area (Å²) >= 11 is 0. The lowest BCUT2D eigenvalue weighted by molar-refractivity contribution is -0.136. The highest BCUT2D eigenvalue weighted by atomic mass is 32.2. The summed E-state index contributed by atoms with van der Waals surface area (Å²) in [6, 6.07) is 13.6. The van der Waals surface area contributed by atoms with E-state index in [9.17, 15) is 17.6 Å². The highest BCUT2D eigenvalue weighted by molar-refractivity contribution is 7.91. The van der Waals surface area contributed by atoms with Crippen molar-refractivity contribution in [2.24, 2.45) is 5.92 Å². The van der Waals surface area contributed by atoms with E-state index in [0.29, 0.717) is 6.42 Å². The lowest BCUT2D eigenvalue weighted by atomic mass is 9.95. The molecule has 1 fully saturated rings. The van der Waals surface area contributed by atoms with Gasteiger partial charge in [-0.2, -0.15) is 0 Å². The Morgan fingerprint density at radius 2 is 1.82 bits per heavy atom. The lowest BCUT2D eigenvalue weighted by Crippen LogP contribution is -2.42. The maximum Gasteiger partial charge on any atom is 0.229 e. The van der Waals surface area contributed by atoms with Crippen molar-refractivity contribution in [1.29, 1.82) is 0 Å². The average Bonchev–Trinajstić information content (AvgIpc) is 2.85. The van der Waals surface area contributed by atoms with E-state index in [1.165, 1.54) is 12.1 Å². The number of sulfone groups is 1. The fourth-order valence-electron chi connectivity index (χ4n) is 3.99. The third-order valence-electron chi connectivity index (χ3n) is 5.53. The molecule has 0 spiro atoms. The minimum absolute atomic E-state index is 0.0983. The molecule has 2 heterocycles. The Morgan fingerprint density at radius 1 is 1.07 bits per heavy atom. The maximum absolute atomic E-state index is 14.2. The van der Waals surface area contributed by atoms with E-state index in [2.05, 4.69) is 0 Å². The third-order valence-corrected chi connectivity index (χ3v) is 7.64. The summed E-state index contributed by atoms with van der Waals surface area (Å²) in [6.45, 7) is 0.704. The standard InChI is InChI=1S/C21H22FNO4S/c22-18-7-3-2-6-17(18)20-9-10-23(11-12-28(20,25)26)21(24)16-13-15-5-1-4-8-19(15)27-14-16/h1-8,16,20H,9-14H2. The minimum Gasteiger partial charge on any atom is -0.492 e. The number of hydrogen-bond acceptors (Lipinski definition) is 4. The number of benzene rings is 2. The molecule has 0 bridgehead atoms. The van der Waals surface area contributed by atoms with E-state index < -0.39 is 20.9 Å². The van der Waals surface area contributed by atoms with Gasteiger partial charge in [0, 0.05) is 18.7 Å². The average molecular weight is 403 g/mol.